The van der Waals surface area contributed by atoms with E-state index in [1.54, 1.807) is 7.11 Å². The summed E-state index contributed by atoms with van der Waals surface area (Å²) in [5, 5.41) is 3.24. The predicted octanol–water partition coefficient (Wildman–Crippen LogP) is 3.07. The van der Waals surface area contributed by atoms with E-state index in [0.29, 0.717) is 5.75 Å². The molecule has 0 aliphatic heterocycles. The van der Waals surface area contributed by atoms with Crippen molar-refractivity contribution in [1.29, 1.82) is 0 Å². The first-order valence-electron chi connectivity index (χ1n) is 6.91. The van der Waals surface area contributed by atoms with E-state index in [9.17, 15) is 4.21 Å². The third kappa shape index (κ3) is 3.93. The molecule has 2 rings (SSSR count). The number of nitrogens with one attached hydrogen (secondary N) is 1. The second-order valence-corrected chi connectivity index (χ2v) is 6.36. The van der Waals surface area contributed by atoms with E-state index in [0.717, 1.165) is 21.8 Å². The second-order valence-electron chi connectivity index (χ2n) is 4.89. The van der Waals surface area contributed by atoms with Gasteiger partial charge in [0.2, 0.25) is 0 Å². The fourth-order valence-electron chi connectivity index (χ4n) is 2.24. The van der Waals surface area contributed by atoms with Crippen molar-refractivity contribution in [2.75, 3.05) is 19.9 Å². The fourth-order valence-corrected chi connectivity index (χ4v) is 3.73. The van der Waals surface area contributed by atoms with Crippen molar-refractivity contribution in [3.63, 3.8) is 0 Å². The van der Waals surface area contributed by atoms with Gasteiger partial charge in [0.1, 0.15) is 5.75 Å². The highest BCUT2D eigenvalue weighted by molar-refractivity contribution is 7.85. The van der Waals surface area contributed by atoms with Crippen LogP contribution in [0.3, 0.4) is 0 Å². The van der Waals surface area contributed by atoms with E-state index in [-0.39, 0.29) is 6.04 Å². The summed E-state index contributed by atoms with van der Waals surface area (Å²) >= 11 is 0. The smallest absolute Gasteiger partial charge is 0.118 e. The van der Waals surface area contributed by atoms with Crippen LogP contribution in [0.4, 0.5) is 0 Å². The molecule has 0 aliphatic carbocycles. The fraction of sp³-hybridized carbons (Fsp3) is 0.294. The lowest BCUT2D eigenvalue weighted by Crippen LogP contribution is -2.23. The first-order valence-corrected chi connectivity index (χ1v) is 8.23. The number of aryl methyl sites for hydroxylation is 1. The van der Waals surface area contributed by atoms with Gasteiger partial charge in [-0.05, 0) is 43.3 Å². The first kappa shape index (κ1) is 15.7. The van der Waals surface area contributed by atoms with E-state index >= 15 is 0 Å². The van der Waals surface area contributed by atoms with Gasteiger partial charge < -0.3 is 10.1 Å². The molecule has 2 atom stereocenters. The molecule has 0 heterocycles. The van der Waals surface area contributed by atoms with Gasteiger partial charge in [0, 0.05) is 16.7 Å². The summed E-state index contributed by atoms with van der Waals surface area (Å²) < 4.78 is 17.7. The summed E-state index contributed by atoms with van der Waals surface area (Å²) in [6.07, 6.45) is 0. The van der Waals surface area contributed by atoms with Gasteiger partial charge in [0.05, 0.1) is 17.9 Å². The molecule has 0 amide bonds. The van der Waals surface area contributed by atoms with Gasteiger partial charge in [-0.1, -0.05) is 30.3 Å². The maximum Gasteiger partial charge on any atom is 0.118 e. The minimum atomic E-state index is -1.03. The van der Waals surface area contributed by atoms with E-state index in [4.69, 9.17) is 4.74 Å². The first-order chi connectivity index (χ1) is 10.2. The molecule has 0 fully saturated rings. The Labute approximate surface area is 128 Å². The molecule has 0 saturated heterocycles. The SMILES string of the molecule is CNC(CS(=O)c1ccccc1C)c1ccc(OC)cc1. The van der Waals surface area contributed by atoms with Crippen LogP contribution in [0.1, 0.15) is 17.2 Å². The highest BCUT2D eigenvalue weighted by Crippen LogP contribution is 2.21. The van der Waals surface area contributed by atoms with Crippen molar-refractivity contribution in [2.24, 2.45) is 0 Å². The van der Waals surface area contributed by atoms with Crippen molar-refractivity contribution < 1.29 is 8.95 Å². The Hall–Kier alpha value is -1.65. The minimum absolute atomic E-state index is 0.0522. The van der Waals surface area contributed by atoms with E-state index < -0.39 is 10.8 Å². The maximum absolute atomic E-state index is 12.6. The molecule has 21 heavy (non-hydrogen) atoms. The van der Waals surface area contributed by atoms with Crippen molar-refractivity contribution in [1.82, 2.24) is 5.32 Å². The predicted molar refractivity (Wildman–Crippen MR) is 87.2 cm³/mol. The van der Waals surface area contributed by atoms with Gasteiger partial charge in [0.15, 0.2) is 0 Å². The molecule has 2 unspecified atom stereocenters. The number of methoxy groups -OCH3 is 1. The topological polar surface area (TPSA) is 38.3 Å². The van der Waals surface area contributed by atoms with Crippen molar-refractivity contribution in [3.05, 3.63) is 59.7 Å². The quantitative estimate of drug-likeness (QED) is 0.891. The Kier molecular flexibility index (Phi) is 5.53. The average Bonchev–Trinajstić information content (AvgIpc) is 2.53. The summed E-state index contributed by atoms with van der Waals surface area (Å²) in [5.41, 5.74) is 2.18. The van der Waals surface area contributed by atoms with Gasteiger partial charge in [-0.15, -0.1) is 0 Å². The summed E-state index contributed by atoms with van der Waals surface area (Å²) in [6, 6.07) is 15.8. The van der Waals surface area contributed by atoms with Crippen LogP contribution >= 0.6 is 0 Å². The number of ether oxygens (including phenoxy) is 1. The molecule has 0 bridgehead atoms. The van der Waals surface area contributed by atoms with Gasteiger partial charge in [-0.2, -0.15) is 0 Å². The maximum atomic E-state index is 12.6. The molecule has 0 saturated carbocycles. The van der Waals surface area contributed by atoms with E-state index in [2.05, 4.69) is 5.32 Å². The number of hydrogen-bond donors (Lipinski definition) is 1. The van der Waals surface area contributed by atoms with Crippen LogP contribution in [-0.2, 0) is 10.8 Å². The summed E-state index contributed by atoms with van der Waals surface area (Å²) in [5.74, 6) is 1.38. The van der Waals surface area contributed by atoms with Crippen LogP contribution in [0, 0.1) is 6.92 Å². The lowest BCUT2D eigenvalue weighted by atomic mass is 10.1. The number of benzene rings is 2. The van der Waals surface area contributed by atoms with Crippen molar-refractivity contribution in [3.8, 4) is 5.75 Å². The Bertz CT molecular complexity index is 610. The van der Waals surface area contributed by atoms with E-state index in [1.807, 2.05) is 62.5 Å². The van der Waals surface area contributed by atoms with Crippen LogP contribution in [0.5, 0.6) is 5.75 Å². The lowest BCUT2D eigenvalue weighted by Gasteiger charge is -2.17. The summed E-state index contributed by atoms with van der Waals surface area (Å²) in [7, 11) is 2.52. The Morgan fingerprint density at radius 3 is 2.38 bits per heavy atom. The molecule has 1 N–H and O–H groups in total. The van der Waals surface area contributed by atoms with Crippen LogP contribution in [-0.4, -0.2) is 24.1 Å². The average molecular weight is 303 g/mol. The zero-order valence-corrected chi connectivity index (χ0v) is 13.4. The lowest BCUT2D eigenvalue weighted by molar-refractivity contribution is 0.414. The van der Waals surface area contributed by atoms with Gasteiger partial charge in [-0.25, -0.2) is 0 Å². The molecule has 0 radical (unpaired) electrons. The van der Waals surface area contributed by atoms with Crippen LogP contribution in [0.25, 0.3) is 0 Å². The molecule has 2 aromatic carbocycles. The largest absolute Gasteiger partial charge is 0.497 e. The molecule has 0 spiro atoms. The highest BCUT2D eigenvalue weighted by atomic mass is 32.2. The van der Waals surface area contributed by atoms with E-state index in [1.165, 1.54) is 0 Å². The normalized spacial score (nSPS) is 13.7. The van der Waals surface area contributed by atoms with Crippen LogP contribution < -0.4 is 10.1 Å². The van der Waals surface area contributed by atoms with Gasteiger partial charge in [-0.3, -0.25) is 4.21 Å². The molecular formula is C17H21NO2S. The van der Waals surface area contributed by atoms with Gasteiger partial charge >= 0.3 is 0 Å². The summed E-state index contributed by atoms with van der Waals surface area (Å²) in [6.45, 7) is 2.00. The van der Waals surface area contributed by atoms with Crippen LogP contribution in [0.15, 0.2) is 53.4 Å². The third-order valence-electron chi connectivity index (χ3n) is 3.52. The Morgan fingerprint density at radius 1 is 1.14 bits per heavy atom. The highest BCUT2D eigenvalue weighted by Gasteiger charge is 2.15. The standard InChI is InChI=1S/C17H21NO2S/c1-13-6-4-5-7-17(13)21(19)12-16(18-2)14-8-10-15(20-3)11-9-14/h4-11,16,18H,12H2,1-3H3. The number of hydrogen-bond acceptors (Lipinski definition) is 3. The summed E-state index contributed by atoms with van der Waals surface area (Å²) in [4.78, 5) is 0.909. The van der Waals surface area contributed by atoms with Crippen molar-refractivity contribution in [2.45, 2.75) is 17.9 Å². The Balaban J connectivity index is 2.15. The minimum Gasteiger partial charge on any atom is -0.497 e. The monoisotopic (exact) mass is 303 g/mol. The number of rotatable bonds is 6. The zero-order chi connectivity index (χ0) is 15.2. The van der Waals surface area contributed by atoms with Crippen LogP contribution in [0.2, 0.25) is 0 Å². The second kappa shape index (κ2) is 7.38. The molecule has 3 nitrogen and oxygen atoms in total. The van der Waals surface area contributed by atoms with Gasteiger partial charge in [0.25, 0.3) is 0 Å². The third-order valence-corrected chi connectivity index (χ3v) is 5.11. The molecule has 4 heteroatoms. The Morgan fingerprint density at radius 2 is 1.81 bits per heavy atom. The zero-order valence-electron chi connectivity index (χ0n) is 12.6. The molecule has 0 aliphatic rings. The molecule has 2 aromatic rings. The molecular weight excluding hydrogens is 282 g/mol. The molecule has 112 valence electrons. The molecule has 0 aromatic heterocycles. The van der Waals surface area contributed by atoms with Crippen molar-refractivity contribution >= 4 is 10.8 Å².